The number of nitrogens with zero attached hydrogens (tertiary/aromatic N) is 3. The Kier molecular flexibility index (Phi) is 6.83. The summed E-state index contributed by atoms with van der Waals surface area (Å²) in [4.78, 5) is 34.6. The molecule has 3 aromatic rings. The Morgan fingerprint density at radius 2 is 2.06 bits per heavy atom. The molecule has 0 radical (unpaired) electrons. The number of H-pyrrole nitrogens is 1. The monoisotopic (exact) mass is 446 g/mol. The second-order valence-corrected chi connectivity index (χ2v) is 7.84. The summed E-state index contributed by atoms with van der Waals surface area (Å²) >= 11 is 0. The zero-order valence-electron chi connectivity index (χ0n) is 18.4. The first-order chi connectivity index (χ1) is 16.1. The Labute approximate surface area is 192 Å². The van der Waals surface area contributed by atoms with Crippen LogP contribution in [0.25, 0.3) is 5.76 Å². The van der Waals surface area contributed by atoms with Gasteiger partial charge in [0.1, 0.15) is 18.1 Å². The minimum atomic E-state index is -0.765. The zero-order valence-corrected chi connectivity index (χ0v) is 18.4. The van der Waals surface area contributed by atoms with Crippen molar-refractivity contribution in [2.24, 2.45) is 0 Å². The predicted molar refractivity (Wildman–Crippen MR) is 118 cm³/mol. The number of benzene rings is 1. The van der Waals surface area contributed by atoms with Crippen LogP contribution < -0.4 is 14.4 Å². The van der Waals surface area contributed by atoms with E-state index in [0.717, 1.165) is 6.42 Å². The second kappa shape index (κ2) is 10.1. The minimum Gasteiger partial charge on any atom is -0.872 e. The van der Waals surface area contributed by atoms with Gasteiger partial charge in [-0.3, -0.25) is 19.6 Å². The summed E-state index contributed by atoms with van der Waals surface area (Å²) in [6.07, 6.45) is 10.2. The molecule has 8 heteroatoms. The molecule has 170 valence electrons. The molecule has 0 spiro atoms. The summed E-state index contributed by atoms with van der Waals surface area (Å²) in [5.41, 5.74) is 0.940. The third-order valence-corrected chi connectivity index (χ3v) is 5.54. The number of Topliss-reactive ketones (excluding diaryl/α,β-unsaturated/α-hetero) is 1. The lowest BCUT2D eigenvalue weighted by atomic mass is 9.96. The molecular weight excluding hydrogens is 420 g/mol. The van der Waals surface area contributed by atoms with Crippen LogP contribution in [0, 0.1) is 0 Å². The maximum absolute atomic E-state index is 13.4. The summed E-state index contributed by atoms with van der Waals surface area (Å²) < 4.78 is 7.53. The van der Waals surface area contributed by atoms with Crippen molar-refractivity contribution in [3.05, 3.63) is 84.2 Å². The fourth-order valence-corrected chi connectivity index (χ4v) is 3.95. The van der Waals surface area contributed by atoms with Crippen molar-refractivity contribution in [1.82, 2.24) is 14.9 Å². The van der Waals surface area contributed by atoms with E-state index in [1.54, 1.807) is 48.8 Å². The van der Waals surface area contributed by atoms with E-state index in [1.807, 2.05) is 30.2 Å². The van der Waals surface area contributed by atoms with Gasteiger partial charge in [-0.2, -0.15) is 0 Å². The number of aryl methyl sites for hydroxylation is 1. The molecule has 1 N–H and O–H groups in total. The summed E-state index contributed by atoms with van der Waals surface area (Å²) in [5, 5.41) is 13.4. The van der Waals surface area contributed by atoms with Crippen molar-refractivity contribution in [3.63, 3.8) is 0 Å². The first-order valence-electron chi connectivity index (χ1n) is 11.0. The smallest absolute Gasteiger partial charge is 0.295 e. The van der Waals surface area contributed by atoms with Crippen LogP contribution in [0.2, 0.25) is 0 Å². The lowest BCUT2D eigenvalue weighted by Gasteiger charge is -2.27. The molecule has 1 atom stereocenters. The molecule has 0 aliphatic carbocycles. The lowest BCUT2D eigenvalue weighted by molar-refractivity contribution is -0.695. The number of amides is 1. The van der Waals surface area contributed by atoms with Crippen LogP contribution in [0.4, 0.5) is 0 Å². The number of hydrogen-bond donors (Lipinski definition) is 1. The molecular formula is C25H26N4O4. The molecule has 0 saturated carbocycles. The normalized spacial score (nSPS) is 17.5. The van der Waals surface area contributed by atoms with Gasteiger partial charge in [-0.1, -0.05) is 30.9 Å². The van der Waals surface area contributed by atoms with Crippen LogP contribution in [0.15, 0.2) is 73.1 Å². The summed E-state index contributed by atoms with van der Waals surface area (Å²) in [6.45, 7) is 3.60. The molecule has 0 bridgehead atoms. The van der Waals surface area contributed by atoms with E-state index >= 15 is 0 Å². The number of aromatic nitrogens is 3. The first-order valence-corrected chi connectivity index (χ1v) is 11.0. The molecule has 8 nitrogen and oxygen atoms in total. The van der Waals surface area contributed by atoms with Crippen LogP contribution in [-0.4, -0.2) is 39.7 Å². The van der Waals surface area contributed by atoms with E-state index in [4.69, 9.17) is 4.74 Å². The number of carbonyl (C=O) groups is 2. The molecule has 1 aromatic carbocycles. The summed E-state index contributed by atoms with van der Waals surface area (Å²) in [5.74, 6) is -1.21. The molecule has 3 heterocycles. The first kappa shape index (κ1) is 22.3. The van der Waals surface area contributed by atoms with Gasteiger partial charge in [0.2, 0.25) is 12.1 Å². The van der Waals surface area contributed by atoms with Crippen molar-refractivity contribution < 1.29 is 24.0 Å². The van der Waals surface area contributed by atoms with Crippen LogP contribution in [-0.2, 0) is 16.1 Å². The Hall–Kier alpha value is -3.94. The van der Waals surface area contributed by atoms with Crippen LogP contribution >= 0.6 is 0 Å². The number of rotatable bonds is 9. The number of imidazole rings is 1. The van der Waals surface area contributed by atoms with Gasteiger partial charge in [0.25, 0.3) is 5.91 Å². The second-order valence-electron chi connectivity index (χ2n) is 7.84. The molecule has 2 aromatic heterocycles. The fourth-order valence-electron chi connectivity index (χ4n) is 3.95. The van der Waals surface area contributed by atoms with Crippen molar-refractivity contribution in [1.29, 1.82) is 0 Å². The largest absolute Gasteiger partial charge is 0.872 e. The number of aromatic amines is 1. The van der Waals surface area contributed by atoms with Gasteiger partial charge in [0, 0.05) is 30.9 Å². The number of carbonyl (C=O) groups excluding carboxylic acids is 2. The number of ether oxygens (including phenoxy) is 1. The van der Waals surface area contributed by atoms with Gasteiger partial charge >= 0.3 is 0 Å². The van der Waals surface area contributed by atoms with E-state index in [2.05, 4.69) is 9.97 Å². The van der Waals surface area contributed by atoms with Crippen molar-refractivity contribution in [2.45, 2.75) is 32.4 Å². The van der Waals surface area contributed by atoms with Gasteiger partial charge in [-0.15, -0.1) is 0 Å². The highest BCUT2D eigenvalue weighted by Gasteiger charge is 2.44. The number of nitrogens with one attached hydrogen (secondary N) is 1. The van der Waals surface area contributed by atoms with Crippen molar-refractivity contribution in [3.8, 4) is 5.75 Å². The van der Waals surface area contributed by atoms with E-state index in [0.29, 0.717) is 43.0 Å². The Bertz CT molecular complexity index is 1120. The number of likely N-dealkylation sites (tertiary alicyclic amines) is 1. The molecule has 33 heavy (non-hydrogen) atoms. The SMILES string of the molecule is CCCOc1ccc(C([O-])=C2C(=O)C(=O)N(CCC[n+]3cc[nH]c3)C2c2cccnc2)cc1. The quantitative estimate of drug-likeness (QED) is 0.234. The van der Waals surface area contributed by atoms with Gasteiger partial charge in [-0.05, 0) is 35.7 Å². The molecule has 1 fully saturated rings. The van der Waals surface area contributed by atoms with Crippen LogP contribution in [0.1, 0.15) is 36.9 Å². The van der Waals surface area contributed by atoms with Crippen molar-refractivity contribution in [2.75, 3.05) is 13.2 Å². The summed E-state index contributed by atoms with van der Waals surface area (Å²) in [7, 11) is 0. The maximum Gasteiger partial charge on any atom is 0.295 e. The van der Waals surface area contributed by atoms with E-state index in [9.17, 15) is 14.7 Å². The highest BCUT2D eigenvalue weighted by atomic mass is 16.5. The van der Waals surface area contributed by atoms with E-state index in [1.165, 1.54) is 4.90 Å². The Morgan fingerprint density at radius 3 is 2.73 bits per heavy atom. The number of pyridine rings is 1. The predicted octanol–water partition coefficient (Wildman–Crippen LogP) is 1.80. The third kappa shape index (κ3) is 4.79. The number of ketones is 1. The Morgan fingerprint density at radius 1 is 1.24 bits per heavy atom. The highest BCUT2D eigenvalue weighted by molar-refractivity contribution is 6.46. The molecule has 1 amide bonds. The topological polar surface area (TPSA) is 102 Å². The van der Waals surface area contributed by atoms with Crippen LogP contribution in [0.3, 0.4) is 0 Å². The summed E-state index contributed by atoms with van der Waals surface area (Å²) in [6, 6.07) is 9.42. The zero-order chi connectivity index (χ0) is 23.2. The van der Waals surface area contributed by atoms with Gasteiger partial charge < -0.3 is 14.7 Å². The molecule has 1 aliphatic rings. The van der Waals surface area contributed by atoms with Crippen molar-refractivity contribution >= 4 is 17.4 Å². The third-order valence-electron chi connectivity index (χ3n) is 5.54. The standard InChI is InChI=1S/C25H26N4O4/c1-2-15-33-20-8-6-18(7-9-20)23(30)21-22(19-5-3-10-26-16-19)29(25(32)24(21)31)13-4-12-28-14-11-27-17-28/h3,5-11,14,16-17,22H,2,4,12-13,15H2,1H3,(H,30,31). The fraction of sp³-hybridized carbons (Fsp3) is 0.280. The molecule has 4 rings (SSSR count). The minimum absolute atomic E-state index is 0.0375. The molecule has 1 unspecified atom stereocenters. The van der Waals surface area contributed by atoms with Gasteiger partial charge in [0.05, 0.1) is 19.2 Å². The van der Waals surface area contributed by atoms with Crippen LogP contribution in [0.5, 0.6) is 5.75 Å². The van der Waals surface area contributed by atoms with E-state index in [-0.39, 0.29) is 5.57 Å². The number of hydrogen-bond acceptors (Lipinski definition) is 5. The Balaban J connectivity index is 1.66. The maximum atomic E-state index is 13.4. The average molecular weight is 447 g/mol. The van der Waals surface area contributed by atoms with Gasteiger partial charge in [-0.25, -0.2) is 4.57 Å². The van der Waals surface area contributed by atoms with E-state index < -0.39 is 23.5 Å². The van der Waals surface area contributed by atoms with Gasteiger partial charge in [0.15, 0.2) is 0 Å². The molecule has 1 saturated heterocycles. The average Bonchev–Trinajstić information content (AvgIpc) is 3.45. The highest BCUT2D eigenvalue weighted by Crippen LogP contribution is 2.38. The molecule has 1 aliphatic heterocycles. The lowest BCUT2D eigenvalue weighted by Crippen LogP contribution is -2.36.